The Balaban J connectivity index is 1.57. The van der Waals surface area contributed by atoms with Crippen LogP contribution in [0.4, 0.5) is 19.0 Å². The van der Waals surface area contributed by atoms with Crippen LogP contribution in [0.25, 0.3) is 27.8 Å². The number of hydrogen-bond acceptors (Lipinski definition) is 7. The number of H-pyrrole nitrogens is 1. The van der Waals surface area contributed by atoms with Crippen LogP contribution in [0.2, 0.25) is 0 Å². The smallest absolute Gasteiger partial charge is 0.469 e. The van der Waals surface area contributed by atoms with Crippen molar-refractivity contribution < 1.29 is 27.4 Å². The number of ether oxygens (including phenoxy) is 2. The number of para-hydroxylation sites is 1. The second-order valence-electron chi connectivity index (χ2n) is 8.25. The summed E-state index contributed by atoms with van der Waals surface area (Å²) in [6.45, 7) is 0. The van der Waals surface area contributed by atoms with Crippen LogP contribution in [0.15, 0.2) is 30.6 Å². The first kappa shape index (κ1) is 22.0. The number of carbonyl (C=O) groups excluding carboxylic acids is 1. The zero-order valence-electron chi connectivity index (χ0n) is 18.1. The lowest BCUT2D eigenvalue weighted by Crippen LogP contribution is -2.23. The molecule has 1 aliphatic rings. The monoisotopic (exact) mass is 474 g/mol. The maximum atomic E-state index is 12.9. The average Bonchev–Trinajstić information content (AvgIpc) is 3.41. The van der Waals surface area contributed by atoms with E-state index in [0.29, 0.717) is 53.8 Å². The van der Waals surface area contributed by atoms with Crippen LogP contribution in [-0.4, -0.2) is 44.0 Å². The van der Waals surface area contributed by atoms with Crippen LogP contribution in [0, 0.1) is 5.92 Å². The van der Waals surface area contributed by atoms with Gasteiger partial charge in [-0.1, -0.05) is 12.1 Å². The molecule has 178 valence electrons. The number of nitrogens with zero attached hydrogens (tertiary/aromatic N) is 4. The van der Waals surface area contributed by atoms with Gasteiger partial charge in [-0.15, -0.1) is 13.2 Å². The summed E-state index contributed by atoms with van der Waals surface area (Å²) < 4.78 is 49.2. The van der Waals surface area contributed by atoms with Gasteiger partial charge in [-0.05, 0) is 37.8 Å². The van der Waals surface area contributed by atoms with E-state index in [9.17, 15) is 18.0 Å². The third kappa shape index (κ3) is 3.88. The Kier molecular flexibility index (Phi) is 5.29. The molecule has 0 amide bonds. The van der Waals surface area contributed by atoms with Crippen LogP contribution in [0.5, 0.6) is 5.75 Å². The second kappa shape index (κ2) is 8.19. The summed E-state index contributed by atoms with van der Waals surface area (Å²) in [7, 11) is 1.38. The minimum atomic E-state index is -4.82. The molecule has 3 N–H and O–H groups in total. The van der Waals surface area contributed by atoms with E-state index in [1.807, 2.05) is 0 Å². The van der Waals surface area contributed by atoms with Crippen molar-refractivity contribution >= 4 is 28.2 Å². The van der Waals surface area contributed by atoms with Crippen molar-refractivity contribution in [3.05, 3.63) is 36.4 Å². The Labute approximate surface area is 191 Å². The van der Waals surface area contributed by atoms with Crippen molar-refractivity contribution in [1.29, 1.82) is 0 Å². The van der Waals surface area contributed by atoms with Crippen LogP contribution in [0.3, 0.4) is 0 Å². The van der Waals surface area contributed by atoms with Gasteiger partial charge in [0.25, 0.3) is 0 Å². The van der Waals surface area contributed by atoms with E-state index in [1.165, 1.54) is 25.6 Å². The zero-order chi connectivity index (χ0) is 24.0. The third-order valence-corrected chi connectivity index (χ3v) is 6.21. The largest absolute Gasteiger partial charge is 0.573 e. The molecule has 3 aromatic heterocycles. The molecule has 1 aromatic carbocycles. The van der Waals surface area contributed by atoms with Crippen LogP contribution in [0.1, 0.15) is 37.4 Å². The first-order valence-electron chi connectivity index (χ1n) is 10.7. The van der Waals surface area contributed by atoms with Gasteiger partial charge in [0, 0.05) is 11.3 Å². The predicted octanol–water partition coefficient (Wildman–Crippen LogP) is 4.20. The molecule has 0 saturated heterocycles. The number of anilines is 1. The fourth-order valence-corrected chi connectivity index (χ4v) is 4.65. The SMILES string of the molecule is COC(=O)[C@H]1CC[C@H](c2nc(-c3cc4cccc(OC(F)(F)F)c4[nH]3)c3c(N)ncnn32)CC1. The fraction of sp³-hybridized carbons (Fsp3) is 0.364. The van der Waals surface area contributed by atoms with Gasteiger partial charge in [0.15, 0.2) is 11.6 Å². The van der Waals surface area contributed by atoms with Gasteiger partial charge < -0.3 is 20.2 Å². The van der Waals surface area contributed by atoms with E-state index in [1.54, 1.807) is 16.6 Å². The second-order valence-corrected chi connectivity index (χ2v) is 8.25. The molecule has 1 fully saturated rings. The molecule has 0 unspecified atom stereocenters. The molecule has 5 rings (SSSR count). The number of nitrogen functional groups attached to an aromatic ring is 1. The number of aromatic nitrogens is 5. The topological polar surface area (TPSA) is 120 Å². The molecule has 12 heteroatoms. The molecule has 34 heavy (non-hydrogen) atoms. The molecule has 0 aliphatic heterocycles. The van der Waals surface area contributed by atoms with Gasteiger partial charge in [-0.3, -0.25) is 4.79 Å². The molecule has 9 nitrogen and oxygen atoms in total. The van der Waals surface area contributed by atoms with Crippen molar-refractivity contribution in [2.45, 2.75) is 38.0 Å². The normalized spacial score (nSPS) is 18.9. The summed E-state index contributed by atoms with van der Waals surface area (Å²) in [6.07, 6.45) is -0.761. The number of nitrogens with two attached hydrogens (primary N) is 1. The summed E-state index contributed by atoms with van der Waals surface area (Å²) in [6, 6.07) is 6.08. The molecular formula is C22H21F3N6O3. The van der Waals surface area contributed by atoms with Crippen molar-refractivity contribution in [2.75, 3.05) is 12.8 Å². The van der Waals surface area contributed by atoms with Crippen LogP contribution in [-0.2, 0) is 9.53 Å². The van der Waals surface area contributed by atoms with Gasteiger partial charge in [0.05, 0.1) is 24.2 Å². The number of carbonyl (C=O) groups is 1. The number of imidazole rings is 1. The minimum absolute atomic E-state index is 0.0185. The number of methoxy groups -OCH3 is 1. The summed E-state index contributed by atoms with van der Waals surface area (Å²) in [5, 5.41) is 4.86. The molecule has 0 spiro atoms. The molecular weight excluding hydrogens is 453 g/mol. The molecule has 0 radical (unpaired) electrons. The maximum Gasteiger partial charge on any atom is 0.573 e. The Morgan fingerprint density at radius 1 is 1.24 bits per heavy atom. The highest BCUT2D eigenvalue weighted by atomic mass is 19.4. The first-order valence-corrected chi connectivity index (χ1v) is 10.7. The third-order valence-electron chi connectivity index (χ3n) is 6.21. The number of aromatic amines is 1. The number of fused-ring (bicyclic) bond motifs is 2. The lowest BCUT2D eigenvalue weighted by atomic mass is 9.81. The van der Waals surface area contributed by atoms with E-state index < -0.39 is 6.36 Å². The number of esters is 1. The van der Waals surface area contributed by atoms with E-state index in [4.69, 9.17) is 15.5 Å². The number of benzene rings is 1. The van der Waals surface area contributed by atoms with Crippen molar-refractivity contribution in [2.24, 2.45) is 5.92 Å². The van der Waals surface area contributed by atoms with Gasteiger partial charge in [-0.25, -0.2) is 14.5 Å². The molecule has 4 aromatic rings. The molecule has 3 heterocycles. The number of nitrogens with one attached hydrogen (secondary N) is 1. The van der Waals surface area contributed by atoms with Crippen molar-refractivity contribution in [3.8, 4) is 17.1 Å². The molecule has 0 bridgehead atoms. The summed E-state index contributed by atoms with van der Waals surface area (Å²) >= 11 is 0. The fourth-order valence-electron chi connectivity index (χ4n) is 4.65. The Hall–Kier alpha value is -3.83. The zero-order valence-corrected chi connectivity index (χ0v) is 18.1. The molecule has 0 atom stereocenters. The van der Waals surface area contributed by atoms with Gasteiger partial charge in [-0.2, -0.15) is 5.10 Å². The van der Waals surface area contributed by atoms with Crippen molar-refractivity contribution in [1.82, 2.24) is 24.6 Å². The summed E-state index contributed by atoms with van der Waals surface area (Å²) in [5.41, 5.74) is 7.69. The quantitative estimate of drug-likeness (QED) is 0.425. The number of halogens is 3. The van der Waals surface area contributed by atoms with Crippen LogP contribution < -0.4 is 10.5 Å². The van der Waals surface area contributed by atoms with Gasteiger partial charge in [0.1, 0.15) is 23.4 Å². The van der Waals surface area contributed by atoms with Gasteiger partial charge in [0.2, 0.25) is 0 Å². The van der Waals surface area contributed by atoms with Gasteiger partial charge >= 0.3 is 12.3 Å². The van der Waals surface area contributed by atoms with E-state index in [2.05, 4.69) is 19.8 Å². The lowest BCUT2D eigenvalue weighted by molar-refractivity contribution is -0.274. The summed E-state index contributed by atoms with van der Waals surface area (Å²) in [4.78, 5) is 23.8. The average molecular weight is 474 g/mol. The highest BCUT2D eigenvalue weighted by Gasteiger charge is 2.33. The van der Waals surface area contributed by atoms with Crippen LogP contribution >= 0.6 is 0 Å². The number of alkyl halides is 3. The maximum absolute atomic E-state index is 12.9. The highest BCUT2D eigenvalue weighted by Crippen LogP contribution is 2.39. The number of hydrogen-bond donors (Lipinski definition) is 2. The highest BCUT2D eigenvalue weighted by molar-refractivity contribution is 5.93. The van der Waals surface area contributed by atoms with Crippen molar-refractivity contribution in [3.63, 3.8) is 0 Å². The van der Waals surface area contributed by atoms with E-state index >= 15 is 0 Å². The Bertz CT molecular complexity index is 1370. The minimum Gasteiger partial charge on any atom is -0.469 e. The molecule has 1 saturated carbocycles. The number of rotatable bonds is 4. The standard InChI is InChI=1S/C22H21F3N6O3/c1-33-21(32)12-7-5-11(6-8-12)20-30-17(18-19(26)27-10-28-31(18)20)14-9-13-3-2-4-15(16(13)29-14)34-22(23,24)25/h2-4,9-12,29H,5-8H2,1H3,(H2,26,27,28)/t11-,12-. The van der Waals surface area contributed by atoms with E-state index in [-0.39, 0.29) is 34.9 Å². The Morgan fingerprint density at radius 3 is 2.71 bits per heavy atom. The first-order chi connectivity index (χ1) is 16.2. The Morgan fingerprint density at radius 2 is 2.00 bits per heavy atom. The predicted molar refractivity (Wildman–Crippen MR) is 116 cm³/mol. The molecule has 1 aliphatic carbocycles. The summed E-state index contributed by atoms with van der Waals surface area (Å²) in [5.74, 6) is 0.168. The van der Waals surface area contributed by atoms with E-state index in [0.717, 1.165) is 0 Å². The lowest BCUT2D eigenvalue weighted by Gasteiger charge is -2.25.